The summed E-state index contributed by atoms with van der Waals surface area (Å²) in [6.07, 6.45) is 6.78. The van der Waals surface area contributed by atoms with Crippen molar-refractivity contribution in [3.8, 4) is 0 Å². The molecule has 0 saturated carbocycles. The van der Waals surface area contributed by atoms with Gasteiger partial charge in [-0.25, -0.2) is 9.38 Å². The van der Waals surface area contributed by atoms with Gasteiger partial charge >= 0.3 is 0 Å². The Morgan fingerprint density at radius 1 is 1.17 bits per heavy atom. The molecule has 29 heavy (non-hydrogen) atoms. The van der Waals surface area contributed by atoms with Crippen LogP contribution in [0.25, 0.3) is 0 Å². The van der Waals surface area contributed by atoms with E-state index in [2.05, 4.69) is 16.9 Å². The van der Waals surface area contributed by atoms with Gasteiger partial charge < -0.3 is 14.2 Å². The van der Waals surface area contributed by atoms with Gasteiger partial charge in [-0.1, -0.05) is 6.92 Å². The molecule has 1 atom stereocenters. The molecule has 0 aromatic carbocycles. The van der Waals surface area contributed by atoms with E-state index in [1.165, 1.54) is 6.08 Å². The predicted octanol–water partition coefficient (Wildman–Crippen LogP) is 3.48. The Labute approximate surface area is 174 Å². The van der Waals surface area contributed by atoms with Crippen LogP contribution in [0, 0.1) is 11.8 Å². The molecule has 3 aliphatic heterocycles. The Hall–Kier alpha value is -1.51. The molecule has 1 amide bonds. The first-order valence-corrected chi connectivity index (χ1v) is 11.2. The highest BCUT2D eigenvalue weighted by molar-refractivity contribution is 8.01. The zero-order valence-corrected chi connectivity index (χ0v) is 17.5. The fourth-order valence-electron chi connectivity index (χ4n) is 3.80. The van der Waals surface area contributed by atoms with Crippen LogP contribution < -0.4 is 0 Å². The Bertz CT molecular complexity index is 765. The van der Waals surface area contributed by atoms with E-state index in [1.807, 2.05) is 0 Å². The van der Waals surface area contributed by atoms with Crippen molar-refractivity contribution in [3.05, 3.63) is 23.7 Å². The van der Waals surface area contributed by atoms with Crippen molar-refractivity contribution in [1.29, 1.82) is 0 Å². The molecule has 158 valence electrons. The lowest BCUT2D eigenvalue weighted by atomic mass is 9.94. The lowest BCUT2D eigenvalue weighted by Crippen LogP contribution is -2.33. The third-order valence-corrected chi connectivity index (χ3v) is 7.32. The molecular weight excluding hydrogens is 395 g/mol. The van der Waals surface area contributed by atoms with Crippen LogP contribution in [-0.4, -0.2) is 61.0 Å². The maximum atomic E-state index is 14.6. The largest absolute Gasteiger partial charge is 0.493 e. The molecular formula is C21H27FN2O4S. The number of allylic oxidation sites excluding steroid dienone is 2. The Morgan fingerprint density at radius 2 is 1.90 bits per heavy atom. The van der Waals surface area contributed by atoms with E-state index in [4.69, 9.17) is 14.2 Å². The van der Waals surface area contributed by atoms with Crippen molar-refractivity contribution in [2.24, 2.45) is 21.8 Å². The standard InChI is InChI=1S/C21H27FN2O4S/c1-21(4-8-27-9-5-21)29-13-18-23-17-11-15(10-16(22)19(17)20(25)24-18)28-12-14-2-6-26-7-3-14/h10-11,14,19H,2-9,12-13H2,1H3. The summed E-state index contributed by atoms with van der Waals surface area (Å²) in [5.74, 6) is -0.270. The fourth-order valence-corrected chi connectivity index (χ4v) is 4.86. The average Bonchev–Trinajstić information content (AvgIpc) is 2.72. The second-order valence-corrected chi connectivity index (χ2v) is 9.69. The molecule has 3 heterocycles. The van der Waals surface area contributed by atoms with Crippen LogP contribution in [0.3, 0.4) is 0 Å². The number of halogens is 1. The molecule has 2 fully saturated rings. The third-order valence-electron chi connectivity index (χ3n) is 5.81. The average molecular weight is 423 g/mol. The maximum Gasteiger partial charge on any atom is 0.263 e. The highest BCUT2D eigenvalue weighted by Gasteiger charge is 2.36. The van der Waals surface area contributed by atoms with Crippen molar-refractivity contribution in [3.63, 3.8) is 0 Å². The van der Waals surface area contributed by atoms with E-state index in [-0.39, 0.29) is 4.75 Å². The van der Waals surface area contributed by atoms with Gasteiger partial charge in [-0.15, -0.1) is 11.8 Å². The van der Waals surface area contributed by atoms with Crippen LogP contribution in [0.15, 0.2) is 33.7 Å². The number of carbonyl (C=O) groups is 1. The highest BCUT2D eigenvalue weighted by atomic mass is 32.2. The first-order chi connectivity index (χ1) is 14.0. The summed E-state index contributed by atoms with van der Waals surface area (Å²) in [7, 11) is 0. The Balaban J connectivity index is 1.41. The molecule has 1 aliphatic carbocycles. The quantitative estimate of drug-likeness (QED) is 0.656. The van der Waals surface area contributed by atoms with Crippen molar-refractivity contribution in [1.82, 2.24) is 0 Å². The smallest absolute Gasteiger partial charge is 0.263 e. The molecule has 1 unspecified atom stereocenters. The fraction of sp³-hybridized carbons (Fsp3) is 0.667. The molecule has 0 aromatic rings. The van der Waals surface area contributed by atoms with Crippen LogP contribution in [0.4, 0.5) is 4.39 Å². The summed E-state index contributed by atoms with van der Waals surface area (Å²) in [5.41, 5.74) is 0.389. The summed E-state index contributed by atoms with van der Waals surface area (Å²) >= 11 is 1.74. The Morgan fingerprint density at radius 3 is 2.66 bits per heavy atom. The van der Waals surface area contributed by atoms with Crippen molar-refractivity contribution in [2.45, 2.75) is 37.4 Å². The summed E-state index contributed by atoms with van der Waals surface area (Å²) < 4.78 is 31.3. The minimum Gasteiger partial charge on any atom is -0.493 e. The number of hydrogen-bond donors (Lipinski definition) is 0. The van der Waals surface area contributed by atoms with Crippen LogP contribution in [0.5, 0.6) is 0 Å². The van der Waals surface area contributed by atoms with E-state index >= 15 is 0 Å². The van der Waals surface area contributed by atoms with Gasteiger partial charge in [0.1, 0.15) is 23.3 Å². The normalized spacial score (nSPS) is 27.4. The first-order valence-electron chi connectivity index (χ1n) is 10.2. The molecule has 4 aliphatic rings. The number of carbonyl (C=O) groups excluding carboxylic acids is 1. The topological polar surface area (TPSA) is 69.5 Å². The van der Waals surface area contributed by atoms with Crippen LogP contribution in [0.1, 0.15) is 32.6 Å². The molecule has 6 nitrogen and oxygen atoms in total. The van der Waals surface area contributed by atoms with Gasteiger partial charge in [0.15, 0.2) is 0 Å². The lowest BCUT2D eigenvalue weighted by Gasteiger charge is -2.33. The number of nitrogens with zero attached hydrogens (tertiary/aromatic N) is 2. The van der Waals surface area contributed by atoms with E-state index in [0.29, 0.717) is 35.6 Å². The summed E-state index contributed by atoms with van der Waals surface area (Å²) in [6, 6.07) is 0. The highest BCUT2D eigenvalue weighted by Crippen LogP contribution is 2.36. The lowest BCUT2D eigenvalue weighted by molar-refractivity contribution is -0.119. The predicted molar refractivity (Wildman–Crippen MR) is 111 cm³/mol. The van der Waals surface area contributed by atoms with Gasteiger partial charge in [0, 0.05) is 43.3 Å². The van der Waals surface area contributed by atoms with Gasteiger partial charge in [-0.2, -0.15) is 4.99 Å². The van der Waals surface area contributed by atoms with Crippen LogP contribution in [-0.2, 0) is 19.0 Å². The van der Waals surface area contributed by atoms with Gasteiger partial charge in [0.25, 0.3) is 5.91 Å². The second-order valence-electron chi connectivity index (χ2n) is 8.13. The molecule has 2 saturated heterocycles. The molecule has 4 rings (SSSR count). The molecule has 0 spiro atoms. The first kappa shape index (κ1) is 20.8. The third kappa shape index (κ3) is 5.16. The van der Waals surface area contributed by atoms with Crippen molar-refractivity contribution in [2.75, 3.05) is 38.8 Å². The van der Waals surface area contributed by atoms with E-state index < -0.39 is 17.7 Å². The minimum atomic E-state index is -1.03. The number of fused-ring (bicyclic) bond motifs is 1. The van der Waals surface area contributed by atoms with Crippen LogP contribution in [0.2, 0.25) is 0 Å². The zero-order chi connectivity index (χ0) is 20.3. The summed E-state index contributed by atoms with van der Waals surface area (Å²) in [5, 5.41) is 0. The maximum absolute atomic E-state index is 14.6. The van der Waals surface area contributed by atoms with E-state index in [1.54, 1.807) is 17.8 Å². The van der Waals surface area contributed by atoms with Crippen LogP contribution >= 0.6 is 11.8 Å². The number of thioether (sulfide) groups is 1. The number of ether oxygens (including phenoxy) is 3. The molecule has 0 bridgehead atoms. The minimum absolute atomic E-state index is 0.0897. The SMILES string of the molecule is CC1(SCC2=NC(=O)C3C(F)=CC(OCC4CCOCC4)=CC3=N2)CCOCC1. The van der Waals surface area contributed by atoms with Crippen molar-refractivity contribution >= 4 is 29.2 Å². The monoisotopic (exact) mass is 422 g/mol. The number of hydrogen-bond acceptors (Lipinski definition) is 6. The van der Waals surface area contributed by atoms with Crippen molar-refractivity contribution < 1.29 is 23.4 Å². The summed E-state index contributed by atoms with van der Waals surface area (Å²) in [4.78, 5) is 21.0. The zero-order valence-electron chi connectivity index (χ0n) is 16.7. The Kier molecular flexibility index (Phi) is 6.51. The van der Waals surface area contributed by atoms with Gasteiger partial charge in [0.05, 0.1) is 18.1 Å². The second kappa shape index (κ2) is 9.10. The molecule has 8 heteroatoms. The van der Waals surface area contributed by atoms with E-state index in [0.717, 1.165) is 52.1 Å². The number of amidine groups is 1. The van der Waals surface area contributed by atoms with E-state index in [9.17, 15) is 9.18 Å². The van der Waals surface area contributed by atoms with Gasteiger partial charge in [0.2, 0.25) is 0 Å². The molecule has 0 aromatic heterocycles. The van der Waals surface area contributed by atoms with Gasteiger partial charge in [-0.3, -0.25) is 4.79 Å². The molecule has 0 radical (unpaired) electrons. The number of aliphatic imine (C=N–C) groups is 2. The number of amides is 1. The van der Waals surface area contributed by atoms with Gasteiger partial charge in [-0.05, 0) is 31.6 Å². The molecule has 0 N–H and O–H groups in total. The summed E-state index contributed by atoms with van der Waals surface area (Å²) in [6.45, 7) is 5.69. The number of rotatable bonds is 6.